The van der Waals surface area contributed by atoms with E-state index in [0.29, 0.717) is 12.8 Å². The third-order valence-corrected chi connectivity index (χ3v) is 4.06. The second-order valence-corrected chi connectivity index (χ2v) is 7.93. The molecule has 2 amide bonds. The molecule has 0 aliphatic rings. The van der Waals surface area contributed by atoms with Gasteiger partial charge in [0.1, 0.15) is 6.04 Å². The van der Waals surface area contributed by atoms with Gasteiger partial charge in [0, 0.05) is 6.92 Å². The number of amides is 2. The van der Waals surface area contributed by atoms with Gasteiger partial charge in [-0.1, -0.05) is 50.6 Å². The average molecular weight is 362 g/mol. The summed E-state index contributed by atoms with van der Waals surface area (Å²) < 4.78 is 0. The van der Waals surface area contributed by atoms with E-state index in [2.05, 4.69) is 10.6 Å². The molecule has 0 spiro atoms. The number of nitrogens with one attached hydrogen (secondary N) is 2. The average Bonchev–Trinajstić information content (AvgIpc) is 2.50. The number of carbonyl (C=O) groups is 3. The molecule has 6 heteroatoms. The Hall–Kier alpha value is -2.37. The van der Waals surface area contributed by atoms with E-state index in [1.54, 1.807) is 0 Å². The number of rotatable bonds is 8. The van der Waals surface area contributed by atoms with Gasteiger partial charge >= 0.3 is 5.97 Å². The fourth-order valence-electron chi connectivity index (χ4n) is 2.57. The molecule has 0 saturated heterocycles. The van der Waals surface area contributed by atoms with Crippen molar-refractivity contribution in [3.63, 3.8) is 0 Å². The van der Waals surface area contributed by atoms with Gasteiger partial charge in [0.2, 0.25) is 11.8 Å². The summed E-state index contributed by atoms with van der Waals surface area (Å²) in [7, 11) is 0. The van der Waals surface area contributed by atoms with Crippen LogP contribution in [-0.2, 0) is 14.4 Å². The third-order valence-electron chi connectivity index (χ3n) is 4.06. The molecule has 1 aromatic rings. The molecule has 144 valence electrons. The van der Waals surface area contributed by atoms with Gasteiger partial charge in [-0.15, -0.1) is 0 Å². The van der Waals surface area contributed by atoms with Gasteiger partial charge in [-0.2, -0.15) is 0 Å². The van der Waals surface area contributed by atoms with Gasteiger partial charge in [0.05, 0.1) is 12.5 Å². The van der Waals surface area contributed by atoms with Crippen LogP contribution in [0.15, 0.2) is 24.3 Å². The molecule has 2 atom stereocenters. The van der Waals surface area contributed by atoms with Crippen molar-refractivity contribution in [2.75, 3.05) is 0 Å². The molecule has 0 aliphatic heterocycles. The van der Waals surface area contributed by atoms with Crippen molar-refractivity contribution < 1.29 is 19.5 Å². The van der Waals surface area contributed by atoms with E-state index in [0.717, 1.165) is 11.1 Å². The van der Waals surface area contributed by atoms with Crippen LogP contribution < -0.4 is 10.6 Å². The maximum absolute atomic E-state index is 12.4. The van der Waals surface area contributed by atoms with Crippen molar-refractivity contribution >= 4 is 17.8 Å². The number of hydrogen-bond donors (Lipinski definition) is 3. The summed E-state index contributed by atoms with van der Waals surface area (Å²) in [5.41, 5.74) is 1.87. The lowest BCUT2D eigenvalue weighted by atomic mass is 9.88. The predicted molar refractivity (Wildman–Crippen MR) is 101 cm³/mol. The largest absolute Gasteiger partial charge is 0.480 e. The Balaban J connectivity index is 2.79. The van der Waals surface area contributed by atoms with Crippen LogP contribution in [0.1, 0.15) is 64.1 Å². The molecule has 0 aromatic heterocycles. The van der Waals surface area contributed by atoms with Crippen LogP contribution in [0.5, 0.6) is 0 Å². The fraction of sp³-hybridized carbons (Fsp3) is 0.550. The monoisotopic (exact) mass is 362 g/mol. The summed E-state index contributed by atoms with van der Waals surface area (Å²) in [6, 6.07) is 6.11. The molecule has 3 N–H and O–H groups in total. The number of aliphatic carboxylic acids is 1. The minimum Gasteiger partial charge on any atom is -0.480 e. The molecule has 1 rings (SSSR count). The minimum atomic E-state index is -1.05. The molecule has 26 heavy (non-hydrogen) atoms. The lowest BCUT2D eigenvalue weighted by molar-refractivity contribution is -0.142. The zero-order valence-electron chi connectivity index (χ0n) is 16.3. The van der Waals surface area contributed by atoms with E-state index < -0.39 is 24.0 Å². The topological polar surface area (TPSA) is 95.5 Å². The van der Waals surface area contributed by atoms with Crippen LogP contribution >= 0.6 is 0 Å². The van der Waals surface area contributed by atoms with E-state index >= 15 is 0 Å². The van der Waals surface area contributed by atoms with Gasteiger partial charge in [0.25, 0.3) is 0 Å². The Morgan fingerprint density at radius 2 is 1.65 bits per heavy atom. The van der Waals surface area contributed by atoms with Gasteiger partial charge in [-0.05, 0) is 30.7 Å². The Morgan fingerprint density at radius 1 is 1.08 bits per heavy atom. The van der Waals surface area contributed by atoms with Crippen LogP contribution in [0.3, 0.4) is 0 Å². The van der Waals surface area contributed by atoms with Crippen molar-refractivity contribution in [1.29, 1.82) is 0 Å². The summed E-state index contributed by atoms with van der Waals surface area (Å²) in [6.45, 7) is 9.42. The Labute approximate surface area is 155 Å². The highest BCUT2D eigenvalue weighted by Gasteiger charge is 2.24. The van der Waals surface area contributed by atoms with Crippen LogP contribution in [0.2, 0.25) is 0 Å². The second kappa shape index (κ2) is 9.36. The molecular formula is C20H30N2O4. The molecule has 0 radical (unpaired) electrons. The number of carbonyl (C=O) groups excluding carboxylic acids is 2. The van der Waals surface area contributed by atoms with Crippen molar-refractivity contribution in [2.24, 2.45) is 5.41 Å². The minimum absolute atomic E-state index is 0.0120. The second-order valence-electron chi connectivity index (χ2n) is 7.93. The molecule has 0 fully saturated rings. The fourth-order valence-corrected chi connectivity index (χ4v) is 2.57. The highest BCUT2D eigenvalue weighted by atomic mass is 16.4. The number of aryl methyl sites for hydroxylation is 1. The third kappa shape index (κ3) is 8.14. The molecule has 2 unspecified atom stereocenters. The summed E-state index contributed by atoms with van der Waals surface area (Å²) in [4.78, 5) is 35.3. The van der Waals surface area contributed by atoms with E-state index in [1.807, 2.05) is 52.0 Å². The Morgan fingerprint density at radius 3 is 2.12 bits per heavy atom. The maximum atomic E-state index is 12.4. The summed E-state index contributed by atoms with van der Waals surface area (Å²) >= 11 is 0. The zero-order chi connectivity index (χ0) is 19.9. The first-order chi connectivity index (χ1) is 12.0. The van der Waals surface area contributed by atoms with E-state index in [9.17, 15) is 19.5 Å². The van der Waals surface area contributed by atoms with E-state index in [4.69, 9.17) is 0 Å². The quantitative estimate of drug-likeness (QED) is 0.662. The van der Waals surface area contributed by atoms with E-state index in [-0.39, 0.29) is 17.7 Å². The van der Waals surface area contributed by atoms with Crippen molar-refractivity contribution in [2.45, 2.75) is 66.0 Å². The molecule has 0 aliphatic carbocycles. The Kier molecular flexibility index (Phi) is 7.80. The normalized spacial score (nSPS) is 13.6. The summed E-state index contributed by atoms with van der Waals surface area (Å²) in [6.07, 6.45) is 1.03. The van der Waals surface area contributed by atoms with Crippen LogP contribution in [-0.4, -0.2) is 28.9 Å². The number of benzene rings is 1. The van der Waals surface area contributed by atoms with Gasteiger partial charge in [0.15, 0.2) is 0 Å². The number of hydrogen-bond acceptors (Lipinski definition) is 3. The highest BCUT2D eigenvalue weighted by Crippen LogP contribution is 2.22. The van der Waals surface area contributed by atoms with Crippen molar-refractivity contribution in [1.82, 2.24) is 10.6 Å². The first kappa shape index (κ1) is 21.7. The smallest absolute Gasteiger partial charge is 0.326 e. The lowest BCUT2D eigenvalue weighted by Gasteiger charge is -2.23. The first-order valence-corrected chi connectivity index (χ1v) is 8.84. The predicted octanol–water partition coefficient (Wildman–Crippen LogP) is 2.96. The standard InChI is InChI=1S/C20H30N2O4/c1-13-6-8-15(9-7-13)17(21-14(2)23)12-18(24)22-16(19(25)26)10-11-20(3,4)5/h6-9,16-17H,10-12H2,1-5H3,(H,21,23)(H,22,24)(H,25,26). The van der Waals surface area contributed by atoms with E-state index in [1.165, 1.54) is 6.92 Å². The number of carboxylic acid groups (broad SMARTS) is 1. The molecule has 0 heterocycles. The van der Waals surface area contributed by atoms with Crippen molar-refractivity contribution in [3.05, 3.63) is 35.4 Å². The lowest BCUT2D eigenvalue weighted by Crippen LogP contribution is -2.43. The SMILES string of the molecule is CC(=O)NC(CC(=O)NC(CCC(C)(C)C)C(=O)O)c1ccc(C)cc1. The van der Waals surface area contributed by atoms with Gasteiger partial charge in [-0.25, -0.2) is 4.79 Å². The molecule has 1 aromatic carbocycles. The molecular weight excluding hydrogens is 332 g/mol. The van der Waals surface area contributed by atoms with Gasteiger partial charge < -0.3 is 15.7 Å². The van der Waals surface area contributed by atoms with Crippen LogP contribution in [0.25, 0.3) is 0 Å². The number of carboxylic acids is 1. The molecule has 0 saturated carbocycles. The highest BCUT2D eigenvalue weighted by molar-refractivity contribution is 5.84. The Bertz CT molecular complexity index is 632. The summed E-state index contributed by atoms with van der Waals surface area (Å²) in [5, 5.41) is 14.7. The van der Waals surface area contributed by atoms with Crippen LogP contribution in [0, 0.1) is 12.3 Å². The van der Waals surface area contributed by atoms with Crippen LogP contribution in [0.4, 0.5) is 0 Å². The van der Waals surface area contributed by atoms with Crippen molar-refractivity contribution in [3.8, 4) is 0 Å². The molecule has 6 nitrogen and oxygen atoms in total. The van der Waals surface area contributed by atoms with Gasteiger partial charge in [-0.3, -0.25) is 9.59 Å². The molecule has 0 bridgehead atoms. The zero-order valence-corrected chi connectivity index (χ0v) is 16.3. The maximum Gasteiger partial charge on any atom is 0.326 e. The summed E-state index contributed by atoms with van der Waals surface area (Å²) in [5.74, 6) is -1.69. The first-order valence-electron chi connectivity index (χ1n) is 8.84.